The van der Waals surface area contributed by atoms with Gasteiger partial charge in [-0.2, -0.15) is 5.26 Å². The minimum absolute atomic E-state index is 0.385. The van der Waals surface area contributed by atoms with E-state index in [1.807, 2.05) is 18.2 Å². The molecule has 1 aromatic carbocycles. The van der Waals surface area contributed by atoms with Crippen LogP contribution < -0.4 is 0 Å². The van der Waals surface area contributed by atoms with Crippen molar-refractivity contribution < 1.29 is 9.47 Å². The van der Waals surface area contributed by atoms with Crippen LogP contribution in [0.4, 0.5) is 0 Å². The lowest BCUT2D eigenvalue weighted by Crippen LogP contribution is -2.39. The molecule has 1 aromatic rings. The van der Waals surface area contributed by atoms with E-state index in [0.29, 0.717) is 23.6 Å². The molecule has 2 atom stereocenters. The fourth-order valence-electron chi connectivity index (χ4n) is 1.87. The van der Waals surface area contributed by atoms with Gasteiger partial charge in [0.1, 0.15) is 6.07 Å². The second-order valence-corrected chi connectivity index (χ2v) is 4.13. The average Bonchev–Trinajstić information content (AvgIpc) is 2.29. The van der Waals surface area contributed by atoms with Gasteiger partial charge >= 0.3 is 0 Å². The summed E-state index contributed by atoms with van der Waals surface area (Å²) in [6, 6.07) is 9.49. The third kappa shape index (κ3) is 1.92. The van der Waals surface area contributed by atoms with Crippen molar-refractivity contribution in [3.05, 3.63) is 34.9 Å². The molecule has 4 heteroatoms. The first-order valence-electron chi connectivity index (χ1n) is 5.14. The molecule has 1 aliphatic heterocycles. The number of rotatable bonds is 1. The Bertz CT molecular complexity index is 429. The van der Waals surface area contributed by atoms with E-state index in [2.05, 4.69) is 6.07 Å². The number of benzene rings is 1. The van der Waals surface area contributed by atoms with Gasteiger partial charge in [-0.1, -0.05) is 29.8 Å². The maximum atomic E-state index is 9.35. The normalized spacial score (nSPS) is 29.7. The Hall–Kier alpha value is -1.08. The second kappa shape index (κ2) is 4.42. The minimum atomic E-state index is -0.976. The molecule has 16 heavy (non-hydrogen) atoms. The Labute approximate surface area is 99.5 Å². The summed E-state index contributed by atoms with van der Waals surface area (Å²) in [5, 5.41) is 9.90. The smallest absolute Gasteiger partial charge is 0.186 e. The summed E-state index contributed by atoms with van der Waals surface area (Å²) >= 11 is 6.10. The summed E-state index contributed by atoms with van der Waals surface area (Å²) in [6.07, 6.45) is 0.113. The zero-order valence-corrected chi connectivity index (χ0v) is 9.70. The number of hydrogen-bond donors (Lipinski definition) is 0. The summed E-state index contributed by atoms with van der Waals surface area (Å²) in [5.41, 5.74) is -0.259. The van der Waals surface area contributed by atoms with Crippen LogP contribution in [-0.4, -0.2) is 12.9 Å². The van der Waals surface area contributed by atoms with Crippen LogP contribution in [0.15, 0.2) is 24.3 Å². The summed E-state index contributed by atoms with van der Waals surface area (Å²) in [4.78, 5) is 0. The molecule has 0 aromatic heterocycles. The van der Waals surface area contributed by atoms with Crippen LogP contribution >= 0.6 is 11.6 Å². The maximum absolute atomic E-state index is 9.35. The van der Waals surface area contributed by atoms with Crippen molar-refractivity contribution in [1.82, 2.24) is 0 Å². The van der Waals surface area contributed by atoms with Crippen molar-refractivity contribution in [1.29, 1.82) is 5.26 Å². The predicted octanol–water partition coefficient (Wildman–Crippen LogP) is 2.84. The maximum Gasteiger partial charge on any atom is 0.186 e. The van der Waals surface area contributed by atoms with Crippen LogP contribution in [0.3, 0.4) is 0 Å². The molecule has 3 nitrogen and oxygen atoms in total. The van der Waals surface area contributed by atoms with Crippen molar-refractivity contribution in [2.75, 3.05) is 6.61 Å². The highest BCUT2D eigenvalue weighted by Gasteiger charge is 2.40. The third-order valence-corrected chi connectivity index (χ3v) is 2.99. The zero-order chi connectivity index (χ0) is 11.6. The lowest BCUT2D eigenvalue weighted by Gasteiger charge is -2.35. The largest absolute Gasteiger partial charge is 0.353 e. The molecular formula is C12H12ClNO2. The van der Waals surface area contributed by atoms with Crippen LogP contribution in [0.25, 0.3) is 0 Å². The zero-order valence-electron chi connectivity index (χ0n) is 8.94. The Kier molecular flexibility index (Phi) is 3.15. The van der Waals surface area contributed by atoms with Crippen LogP contribution in [-0.2, 0) is 15.1 Å². The average molecular weight is 238 g/mol. The van der Waals surface area contributed by atoms with E-state index in [4.69, 9.17) is 21.1 Å². The molecule has 2 rings (SSSR count). The minimum Gasteiger partial charge on any atom is -0.353 e. The van der Waals surface area contributed by atoms with Gasteiger partial charge in [-0.05, 0) is 13.0 Å². The van der Waals surface area contributed by atoms with Gasteiger partial charge in [-0.15, -0.1) is 0 Å². The van der Waals surface area contributed by atoms with E-state index in [0.717, 1.165) is 0 Å². The molecule has 1 heterocycles. The topological polar surface area (TPSA) is 42.2 Å². The van der Waals surface area contributed by atoms with E-state index >= 15 is 0 Å². The van der Waals surface area contributed by atoms with Crippen LogP contribution in [0.2, 0.25) is 5.02 Å². The number of halogens is 1. The van der Waals surface area contributed by atoms with Crippen LogP contribution in [0, 0.1) is 11.3 Å². The monoisotopic (exact) mass is 237 g/mol. The van der Waals surface area contributed by atoms with Gasteiger partial charge in [0.15, 0.2) is 11.9 Å². The number of nitriles is 1. The molecule has 0 spiro atoms. The van der Waals surface area contributed by atoms with Gasteiger partial charge in [0.05, 0.1) is 6.61 Å². The Balaban J connectivity index is 2.42. The summed E-state index contributed by atoms with van der Waals surface area (Å²) in [6.45, 7) is 2.28. The standard InChI is InChI=1S/C12H12ClNO2/c1-9-15-7-6-12(8-14,16-9)10-4-2-3-5-11(10)13/h2-5,9H,6-7H2,1H3. The SMILES string of the molecule is CC1OCCC(C#N)(c2ccccc2Cl)O1. The fraction of sp³-hybridized carbons (Fsp3) is 0.417. The predicted molar refractivity (Wildman–Crippen MR) is 59.9 cm³/mol. The van der Waals surface area contributed by atoms with E-state index in [1.54, 1.807) is 13.0 Å². The van der Waals surface area contributed by atoms with Crippen molar-refractivity contribution in [2.45, 2.75) is 25.2 Å². The third-order valence-electron chi connectivity index (χ3n) is 2.66. The second-order valence-electron chi connectivity index (χ2n) is 3.72. The molecule has 0 N–H and O–H groups in total. The van der Waals surface area contributed by atoms with Gasteiger partial charge < -0.3 is 9.47 Å². The van der Waals surface area contributed by atoms with Gasteiger partial charge in [0.2, 0.25) is 0 Å². The van der Waals surface area contributed by atoms with Gasteiger partial charge in [-0.3, -0.25) is 0 Å². The molecule has 0 amide bonds. The highest BCUT2D eigenvalue weighted by Crippen LogP contribution is 2.37. The Morgan fingerprint density at radius 3 is 2.88 bits per heavy atom. The van der Waals surface area contributed by atoms with Crippen LogP contribution in [0.1, 0.15) is 18.9 Å². The van der Waals surface area contributed by atoms with Crippen molar-refractivity contribution in [3.8, 4) is 6.07 Å². The molecule has 1 fully saturated rings. The molecule has 0 saturated carbocycles. The number of nitrogens with zero attached hydrogens (tertiary/aromatic N) is 1. The van der Waals surface area contributed by atoms with E-state index in [9.17, 15) is 5.26 Å². The molecule has 84 valence electrons. The highest BCUT2D eigenvalue weighted by atomic mass is 35.5. The molecule has 0 aliphatic carbocycles. The Morgan fingerprint density at radius 2 is 2.25 bits per heavy atom. The van der Waals surface area contributed by atoms with Crippen molar-refractivity contribution >= 4 is 11.6 Å². The summed E-state index contributed by atoms with van der Waals surface area (Å²) in [7, 11) is 0. The lowest BCUT2D eigenvalue weighted by molar-refractivity contribution is -0.232. The van der Waals surface area contributed by atoms with E-state index in [-0.39, 0.29) is 6.29 Å². The van der Waals surface area contributed by atoms with Gasteiger partial charge in [0, 0.05) is 17.0 Å². The van der Waals surface area contributed by atoms with E-state index in [1.165, 1.54) is 0 Å². The highest BCUT2D eigenvalue weighted by molar-refractivity contribution is 6.31. The van der Waals surface area contributed by atoms with Crippen molar-refractivity contribution in [3.63, 3.8) is 0 Å². The van der Waals surface area contributed by atoms with Crippen molar-refractivity contribution in [2.24, 2.45) is 0 Å². The van der Waals surface area contributed by atoms with E-state index < -0.39 is 5.60 Å². The Morgan fingerprint density at radius 1 is 1.50 bits per heavy atom. The van der Waals surface area contributed by atoms with Gasteiger partial charge in [0.25, 0.3) is 0 Å². The summed E-state index contributed by atoms with van der Waals surface area (Å²) in [5.74, 6) is 0. The first kappa shape index (κ1) is 11.4. The van der Waals surface area contributed by atoms with Crippen LogP contribution in [0.5, 0.6) is 0 Å². The first-order chi connectivity index (χ1) is 7.68. The lowest BCUT2D eigenvalue weighted by atomic mass is 9.91. The fourth-order valence-corrected chi connectivity index (χ4v) is 2.16. The number of ether oxygens (including phenoxy) is 2. The molecule has 2 unspecified atom stereocenters. The molecule has 0 radical (unpaired) electrons. The first-order valence-corrected chi connectivity index (χ1v) is 5.51. The molecular weight excluding hydrogens is 226 g/mol. The molecule has 1 aliphatic rings. The molecule has 0 bridgehead atoms. The molecule has 1 saturated heterocycles. The summed E-state index contributed by atoms with van der Waals surface area (Å²) < 4.78 is 10.9. The number of hydrogen-bond acceptors (Lipinski definition) is 3. The van der Waals surface area contributed by atoms with Gasteiger partial charge in [-0.25, -0.2) is 0 Å². The quantitative estimate of drug-likeness (QED) is 0.754.